The van der Waals surface area contributed by atoms with Crippen LogP contribution in [0.1, 0.15) is 12.5 Å². The van der Waals surface area contributed by atoms with Crippen LogP contribution in [-0.2, 0) is 6.54 Å². The monoisotopic (exact) mass is 177 g/mol. The lowest BCUT2D eigenvalue weighted by Gasteiger charge is -2.06. The molecule has 0 heterocycles. The molecule has 0 aromatic heterocycles. The second kappa shape index (κ2) is 4.50. The molecule has 3 heteroatoms. The SMILES string of the molecule is CNc1cccc(CNC(C)=N)c1. The Hall–Kier alpha value is -1.51. The van der Waals surface area contributed by atoms with E-state index in [9.17, 15) is 0 Å². The summed E-state index contributed by atoms with van der Waals surface area (Å²) in [6.45, 7) is 2.45. The Balaban J connectivity index is 2.61. The summed E-state index contributed by atoms with van der Waals surface area (Å²) in [6, 6.07) is 8.12. The van der Waals surface area contributed by atoms with Crippen molar-refractivity contribution in [2.75, 3.05) is 12.4 Å². The quantitative estimate of drug-likeness (QED) is 0.487. The zero-order chi connectivity index (χ0) is 9.68. The van der Waals surface area contributed by atoms with Gasteiger partial charge in [-0.1, -0.05) is 12.1 Å². The largest absolute Gasteiger partial charge is 0.388 e. The van der Waals surface area contributed by atoms with Crippen LogP contribution < -0.4 is 10.6 Å². The van der Waals surface area contributed by atoms with E-state index in [2.05, 4.69) is 16.7 Å². The van der Waals surface area contributed by atoms with Crippen LogP contribution >= 0.6 is 0 Å². The Morgan fingerprint density at radius 1 is 1.46 bits per heavy atom. The third-order valence-electron chi connectivity index (χ3n) is 1.77. The lowest BCUT2D eigenvalue weighted by Crippen LogP contribution is -2.18. The van der Waals surface area contributed by atoms with E-state index >= 15 is 0 Å². The van der Waals surface area contributed by atoms with Crippen LogP contribution in [0.2, 0.25) is 0 Å². The van der Waals surface area contributed by atoms with Gasteiger partial charge in [0.25, 0.3) is 0 Å². The number of amidine groups is 1. The third-order valence-corrected chi connectivity index (χ3v) is 1.77. The number of rotatable bonds is 3. The van der Waals surface area contributed by atoms with Gasteiger partial charge in [0.2, 0.25) is 0 Å². The van der Waals surface area contributed by atoms with Crippen LogP contribution in [0.25, 0.3) is 0 Å². The first-order valence-corrected chi connectivity index (χ1v) is 4.28. The van der Waals surface area contributed by atoms with Crippen LogP contribution in [-0.4, -0.2) is 12.9 Å². The molecular formula is C10H15N3. The highest BCUT2D eigenvalue weighted by atomic mass is 14.9. The molecular weight excluding hydrogens is 162 g/mol. The van der Waals surface area contributed by atoms with Gasteiger partial charge in [-0.05, 0) is 24.6 Å². The Morgan fingerprint density at radius 3 is 2.85 bits per heavy atom. The smallest absolute Gasteiger partial charge is 0.0902 e. The summed E-state index contributed by atoms with van der Waals surface area (Å²) in [4.78, 5) is 0. The van der Waals surface area contributed by atoms with Gasteiger partial charge in [0.15, 0.2) is 0 Å². The Labute approximate surface area is 78.7 Å². The first-order valence-electron chi connectivity index (χ1n) is 4.28. The third kappa shape index (κ3) is 3.15. The molecule has 13 heavy (non-hydrogen) atoms. The minimum atomic E-state index is 0.495. The normalized spacial score (nSPS) is 9.38. The zero-order valence-corrected chi connectivity index (χ0v) is 8.02. The Morgan fingerprint density at radius 2 is 2.23 bits per heavy atom. The van der Waals surface area contributed by atoms with Gasteiger partial charge in [0.05, 0.1) is 5.84 Å². The van der Waals surface area contributed by atoms with E-state index in [1.807, 2.05) is 25.2 Å². The van der Waals surface area contributed by atoms with E-state index in [1.54, 1.807) is 6.92 Å². The lowest BCUT2D eigenvalue weighted by molar-refractivity contribution is 0.902. The van der Waals surface area contributed by atoms with Gasteiger partial charge < -0.3 is 10.6 Å². The maximum Gasteiger partial charge on any atom is 0.0902 e. The molecule has 0 amide bonds. The van der Waals surface area contributed by atoms with E-state index in [1.165, 1.54) is 5.56 Å². The predicted molar refractivity (Wildman–Crippen MR) is 56.2 cm³/mol. The van der Waals surface area contributed by atoms with Gasteiger partial charge >= 0.3 is 0 Å². The molecule has 70 valence electrons. The summed E-state index contributed by atoms with van der Waals surface area (Å²) in [5.41, 5.74) is 2.28. The fourth-order valence-corrected chi connectivity index (χ4v) is 1.07. The van der Waals surface area contributed by atoms with Gasteiger partial charge in [0, 0.05) is 19.3 Å². The average Bonchev–Trinajstić information content (AvgIpc) is 2.15. The fraction of sp³-hybridized carbons (Fsp3) is 0.300. The van der Waals surface area contributed by atoms with Crippen molar-refractivity contribution in [1.29, 1.82) is 5.41 Å². The zero-order valence-electron chi connectivity index (χ0n) is 8.02. The first-order chi connectivity index (χ1) is 6.22. The lowest BCUT2D eigenvalue weighted by atomic mass is 10.2. The van der Waals surface area contributed by atoms with Crippen molar-refractivity contribution in [2.45, 2.75) is 13.5 Å². The highest BCUT2D eigenvalue weighted by Gasteiger charge is 1.93. The maximum atomic E-state index is 7.22. The van der Waals surface area contributed by atoms with Gasteiger partial charge in [-0.2, -0.15) is 0 Å². The van der Waals surface area contributed by atoms with Crippen molar-refractivity contribution in [3.8, 4) is 0 Å². The average molecular weight is 177 g/mol. The molecule has 0 spiro atoms. The molecule has 0 radical (unpaired) electrons. The van der Waals surface area contributed by atoms with Crippen molar-refractivity contribution in [3.63, 3.8) is 0 Å². The summed E-state index contributed by atoms with van der Waals surface area (Å²) in [5.74, 6) is 0.495. The fourth-order valence-electron chi connectivity index (χ4n) is 1.07. The molecule has 0 aliphatic heterocycles. The Bertz CT molecular complexity index is 294. The number of nitrogens with one attached hydrogen (secondary N) is 3. The van der Waals surface area contributed by atoms with E-state index in [4.69, 9.17) is 5.41 Å². The van der Waals surface area contributed by atoms with Gasteiger partial charge in [-0.3, -0.25) is 5.41 Å². The molecule has 0 fully saturated rings. The highest BCUT2D eigenvalue weighted by molar-refractivity contribution is 5.75. The van der Waals surface area contributed by atoms with E-state index < -0.39 is 0 Å². The number of hydrogen-bond donors (Lipinski definition) is 3. The van der Waals surface area contributed by atoms with Crippen molar-refractivity contribution in [1.82, 2.24) is 5.32 Å². The van der Waals surface area contributed by atoms with Crippen molar-refractivity contribution >= 4 is 11.5 Å². The molecule has 1 aromatic carbocycles. The van der Waals surface area contributed by atoms with Crippen LogP contribution in [0, 0.1) is 5.41 Å². The van der Waals surface area contributed by atoms with Gasteiger partial charge in [0.1, 0.15) is 0 Å². The molecule has 0 unspecified atom stereocenters. The maximum absolute atomic E-state index is 7.22. The summed E-state index contributed by atoms with van der Waals surface area (Å²) < 4.78 is 0. The summed E-state index contributed by atoms with van der Waals surface area (Å²) in [5, 5.41) is 13.3. The van der Waals surface area contributed by atoms with Crippen molar-refractivity contribution < 1.29 is 0 Å². The summed E-state index contributed by atoms with van der Waals surface area (Å²) in [7, 11) is 1.90. The predicted octanol–water partition coefficient (Wildman–Crippen LogP) is 1.82. The minimum Gasteiger partial charge on any atom is -0.388 e. The van der Waals surface area contributed by atoms with Gasteiger partial charge in [-0.25, -0.2) is 0 Å². The van der Waals surface area contributed by atoms with Crippen LogP contribution in [0.5, 0.6) is 0 Å². The molecule has 0 aliphatic carbocycles. The molecule has 3 N–H and O–H groups in total. The van der Waals surface area contributed by atoms with Crippen molar-refractivity contribution in [3.05, 3.63) is 29.8 Å². The van der Waals surface area contributed by atoms with Crippen molar-refractivity contribution in [2.24, 2.45) is 0 Å². The number of benzene rings is 1. The second-order valence-electron chi connectivity index (χ2n) is 2.93. The summed E-state index contributed by atoms with van der Waals surface area (Å²) >= 11 is 0. The number of anilines is 1. The van der Waals surface area contributed by atoms with Crippen LogP contribution in [0.15, 0.2) is 24.3 Å². The molecule has 0 saturated heterocycles. The van der Waals surface area contributed by atoms with E-state index in [0.29, 0.717) is 12.4 Å². The highest BCUT2D eigenvalue weighted by Crippen LogP contribution is 2.08. The minimum absolute atomic E-state index is 0.495. The molecule has 0 saturated carbocycles. The van der Waals surface area contributed by atoms with Crippen LogP contribution in [0.3, 0.4) is 0 Å². The van der Waals surface area contributed by atoms with Crippen LogP contribution in [0.4, 0.5) is 5.69 Å². The summed E-state index contributed by atoms with van der Waals surface area (Å²) in [6.07, 6.45) is 0. The van der Waals surface area contributed by atoms with E-state index in [0.717, 1.165) is 5.69 Å². The van der Waals surface area contributed by atoms with Gasteiger partial charge in [-0.15, -0.1) is 0 Å². The topological polar surface area (TPSA) is 47.9 Å². The Kier molecular flexibility index (Phi) is 3.31. The molecule has 3 nitrogen and oxygen atoms in total. The molecule has 1 rings (SSSR count). The van der Waals surface area contributed by atoms with E-state index in [-0.39, 0.29) is 0 Å². The molecule has 0 bridgehead atoms. The number of hydrogen-bond acceptors (Lipinski definition) is 2. The second-order valence-corrected chi connectivity index (χ2v) is 2.93. The first kappa shape index (κ1) is 9.58. The molecule has 1 aromatic rings. The standard InChI is InChI=1S/C10H15N3/c1-8(11)13-7-9-4-3-5-10(6-9)12-2/h3-6,12H,7H2,1-2H3,(H2,11,13). The molecule has 0 aliphatic rings. The molecule has 0 atom stereocenters.